The molecule has 1 aromatic carbocycles. The zero-order valence-electron chi connectivity index (χ0n) is 16.0. The summed E-state index contributed by atoms with van der Waals surface area (Å²) in [7, 11) is 0. The Labute approximate surface area is 163 Å². The van der Waals surface area contributed by atoms with Crippen molar-refractivity contribution in [1.29, 1.82) is 0 Å². The highest BCUT2D eigenvalue weighted by Gasteiger charge is 2.23. The van der Waals surface area contributed by atoms with E-state index < -0.39 is 0 Å². The first-order chi connectivity index (χ1) is 13.6. The first-order valence-electron chi connectivity index (χ1n) is 9.40. The van der Waals surface area contributed by atoms with E-state index >= 15 is 0 Å². The molecule has 0 saturated carbocycles. The number of aryl methyl sites for hydroxylation is 1. The number of aromatic nitrogens is 5. The average Bonchev–Trinajstić information content (AvgIpc) is 3.17. The molecule has 1 N–H and O–H groups in total. The van der Waals surface area contributed by atoms with E-state index in [0.29, 0.717) is 17.7 Å². The van der Waals surface area contributed by atoms with Crippen LogP contribution in [0.3, 0.4) is 0 Å². The van der Waals surface area contributed by atoms with Gasteiger partial charge in [-0.25, -0.2) is 4.98 Å². The van der Waals surface area contributed by atoms with Gasteiger partial charge in [0.2, 0.25) is 11.9 Å². The summed E-state index contributed by atoms with van der Waals surface area (Å²) >= 11 is 0. The molecular weight excluding hydrogens is 354 g/mol. The predicted octanol–water partition coefficient (Wildman–Crippen LogP) is 2.84. The number of hydrogen-bond donors (Lipinski definition) is 1. The number of rotatable bonds is 4. The summed E-state index contributed by atoms with van der Waals surface area (Å²) in [5, 5.41) is 7.70. The Balaban J connectivity index is 1.53. The number of carbonyl (C=O) groups is 1. The maximum Gasteiger partial charge on any atom is 0.247 e. The second kappa shape index (κ2) is 7.75. The van der Waals surface area contributed by atoms with Crippen LogP contribution in [-0.2, 0) is 4.79 Å². The number of carbonyl (C=O) groups excluding carboxylic acids is 1. The summed E-state index contributed by atoms with van der Waals surface area (Å²) in [4.78, 5) is 26.3. The van der Waals surface area contributed by atoms with Gasteiger partial charge in [0.25, 0.3) is 0 Å². The monoisotopic (exact) mass is 377 g/mol. The van der Waals surface area contributed by atoms with E-state index in [1.54, 1.807) is 36.5 Å². The molecule has 0 spiro atoms. The Kier molecular flexibility index (Phi) is 5.01. The van der Waals surface area contributed by atoms with E-state index in [1.165, 1.54) is 5.56 Å². The van der Waals surface area contributed by atoms with E-state index in [4.69, 9.17) is 0 Å². The van der Waals surface area contributed by atoms with Crippen molar-refractivity contribution >= 4 is 17.5 Å². The molecule has 28 heavy (non-hydrogen) atoms. The van der Waals surface area contributed by atoms with Crippen LogP contribution in [0.2, 0.25) is 0 Å². The van der Waals surface area contributed by atoms with Gasteiger partial charge in [-0.15, -0.1) is 5.10 Å². The van der Waals surface area contributed by atoms with E-state index in [2.05, 4.69) is 50.5 Å². The zero-order chi connectivity index (χ0) is 19.5. The molecule has 4 rings (SSSR count). The molecule has 1 unspecified atom stereocenters. The minimum Gasteiger partial charge on any atom is -0.342 e. The van der Waals surface area contributed by atoms with Crippen LogP contribution in [0.25, 0.3) is 5.82 Å². The van der Waals surface area contributed by atoms with Gasteiger partial charge in [0.15, 0.2) is 5.82 Å². The number of anilines is 2. The van der Waals surface area contributed by atoms with Gasteiger partial charge in [0.1, 0.15) is 6.33 Å². The SMILES string of the molecule is CC(=O)N1CCCC(c2cc(C)cc(Nc3ncn(-c4cnccn4)n3)c2)C1. The molecule has 1 aliphatic heterocycles. The summed E-state index contributed by atoms with van der Waals surface area (Å²) in [5.74, 6) is 1.60. The smallest absolute Gasteiger partial charge is 0.247 e. The lowest BCUT2D eigenvalue weighted by Crippen LogP contribution is -2.37. The maximum absolute atomic E-state index is 11.8. The van der Waals surface area contributed by atoms with Gasteiger partial charge in [-0.2, -0.15) is 9.67 Å². The Morgan fingerprint density at radius 2 is 2.11 bits per heavy atom. The van der Waals surface area contributed by atoms with Crippen molar-refractivity contribution in [2.75, 3.05) is 18.4 Å². The fourth-order valence-corrected chi connectivity index (χ4v) is 3.63. The molecule has 1 fully saturated rings. The van der Waals surface area contributed by atoms with Crippen molar-refractivity contribution in [3.05, 3.63) is 54.2 Å². The Bertz CT molecular complexity index is 970. The number of nitrogens with one attached hydrogen (secondary N) is 1. The lowest BCUT2D eigenvalue weighted by atomic mass is 9.89. The first kappa shape index (κ1) is 18.1. The zero-order valence-corrected chi connectivity index (χ0v) is 16.0. The molecule has 8 nitrogen and oxygen atoms in total. The second-order valence-corrected chi connectivity index (χ2v) is 7.14. The molecule has 2 aromatic heterocycles. The minimum atomic E-state index is 0.148. The van der Waals surface area contributed by atoms with Crippen molar-refractivity contribution in [3.63, 3.8) is 0 Å². The van der Waals surface area contributed by atoms with Gasteiger partial charge >= 0.3 is 0 Å². The average molecular weight is 377 g/mol. The van der Waals surface area contributed by atoms with E-state index in [0.717, 1.165) is 37.2 Å². The van der Waals surface area contributed by atoms with Crippen LogP contribution in [0.4, 0.5) is 11.6 Å². The largest absolute Gasteiger partial charge is 0.342 e. The van der Waals surface area contributed by atoms with Crippen molar-refractivity contribution in [3.8, 4) is 5.82 Å². The fourth-order valence-electron chi connectivity index (χ4n) is 3.63. The van der Waals surface area contributed by atoms with Crippen LogP contribution in [0.15, 0.2) is 43.1 Å². The van der Waals surface area contributed by atoms with Gasteiger partial charge < -0.3 is 10.2 Å². The minimum absolute atomic E-state index is 0.148. The quantitative estimate of drug-likeness (QED) is 0.752. The molecule has 8 heteroatoms. The highest BCUT2D eigenvalue weighted by Crippen LogP contribution is 2.30. The van der Waals surface area contributed by atoms with Crippen molar-refractivity contribution < 1.29 is 4.79 Å². The van der Waals surface area contributed by atoms with Gasteiger partial charge in [0, 0.05) is 44.0 Å². The number of likely N-dealkylation sites (tertiary alicyclic amines) is 1. The standard InChI is InChI=1S/C20H23N7O/c1-14-8-17(16-4-3-7-26(12-16)15(2)28)10-18(9-14)24-20-23-13-27(25-20)19-11-21-5-6-22-19/h5-6,8-11,13,16H,3-4,7,12H2,1-2H3,(H,24,25). The number of hydrogen-bond acceptors (Lipinski definition) is 6. The third-order valence-electron chi connectivity index (χ3n) is 4.97. The molecular formula is C20H23N7O. The molecule has 1 saturated heterocycles. The molecule has 0 aliphatic carbocycles. The number of benzene rings is 1. The molecule has 1 amide bonds. The summed E-state index contributed by atoms with van der Waals surface area (Å²) < 4.78 is 1.58. The van der Waals surface area contributed by atoms with Crippen LogP contribution >= 0.6 is 0 Å². The molecule has 3 aromatic rings. The number of piperidine rings is 1. The molecule has 0 bridgehead atoms. The molecule has 144 valence electrons. The maximum atomic E-state index is 11.8. The summed E-state index contributed by atoms with van der Waals surface area (Å²) in [6.45, 7) is 5.35. The van der Waals surface area contributed by atoms with Crippen LogP contribution in [0, 0.1) is 6.92 Å². The number of amides is 1. The van der Waals surface area contributed by atoms with Crippen LogP contribution in [0.5, 0.6) is 0 Å². The van der Waals surface area contributed by atoms with Gasteiger partial charge in [-0.3, -0.25) is 9.78 Å². The van der Waals surface area contributed by atoms with E-state index in [9.17, 15) is 4.79 Å². The van der Waals surface area contributed by atoms with Crippen molar-refractivity contribution in [1.82, 2.24) is 29.6 Å². The number of nitrogens with zero attached hydrogens (tertiary/aromatic N) is 6. The van der Waals surface area contributed by atoms with E-state index in [-0.39, 0.29) is 5.91 Å². The van der Waals surface area contributed by atoms with Gasteiger partial charge in [-0.05, 0) is 43.0 Å². The highest BCUT2D eigenvalue weighted by molar-refractivity contribution is 5.73. The van der Waals surface area contributed by atoms with Crippen molar-refractivity contribution in [2.45, 2.75) is 32.6 Å². The lowest BCUT2D eigenvalue weighted by molar-refractivity contribution is -0.130. The normalized spacial score (nSPS) is 16.8. The van der Waals surface area contributed by atoms with Crippen LogP contribution in [0.1, 0.15) is 36.8 Å². The van der Waals surface area contributed by atoms with Gasteiger partial charge in [0.05, 0.1) is 6.20 Å². The third kappa shape index (κ3) is 4.00. The predicted molar refractivity (Wildman–Crippen MR) is 106 cm³/mol. The lowest BCUT2D eigenvalue weighted by Gasteiger charge is -2.32. The summed E-state index contributed by atoms with van der Waals surface area (Å²) in [6, 6.07) is 6.40. The summed E-state index contributed by atoms with van der Waals surface area (Å²) in [6.07, 6.45) is 8.59. The van der Waals surface area contributed by atoms with E-state index in [1.807, 2.05) is 4.90 Å². The van der Waals surface area contributed by atoms with Crippen LogP contribution in [-0.4, -0.2) is 48.6 Å². The fraction of sp³-hybridized carbons (Fsp3) is 0.350. The van der Waals surface area contributed by atoms with Crippen molar-refractivity contribution in [2.24, 2.45) is 0 Å². The van der Waals surface area contributed by atoms with Crippen LogP contribution < -0.4 is 5.32 Å². The topological polar surface area (TPSA) is 88.8 Å². The Morgan fingerprint density at radius 3 is 2.89 bits per heavy atom. The molecule has 3 heterocycles. The highest BCUT2D eigenvalue weighted by atomic mass is 16.2. The first-order valence-corrected chi connectivity index (χ1v) is 9.40. The molecule has 0 radical (unpaired) electrons. The van der Waals surface area contributed by atoms with Gasteiger partial charge in [-0.1, -0.05) is 6.07 Å². The Hall–Kier alpha value is -3.29. The molecule has 1 atom stereocenters. The Morgan fingerprint density at radius 1 is 1.21 bits per heavy atom. The summed E-state index contributed by atoms with van der Waals surface area (Å²) in [5.41, 5.74) is 3.34. The second-order valence-electron chi connectivity index (χ2n) is 7.14. The molecule has 1 aliphatic rings. The third-order valence-corrected chi connectivity index (χ3v) is 4.97.